The maximum atomic E-state index is 12.4. The largest absolute Gasteiger partial charge is 0.351 e. The molecule has 34 heavy (non-hydrogen) atoms. The molecule has 2 aromatic carbocycles. The maximum Gasteiger partial charge on any atom is 0.251 e. The van der Waals surface area contributed by atoms with Gasteiger partial charge in [0.1, 0.15) is 0 Å². The Hall–Kier alpha value is -2.33. The standard InChI is InChI=1S/C23H28Cl2N4O4S/c1-17(30)29-14-12-28(13-15-29)11-10-26-23(31)19-5-7-20(8-6-19)27-34(32,33)16-9-18-3-2-4-21(24)22(18)25/h2-8,27H,9-16H2,1H3,(H,26,31). The van der Waals surface area contributed by atoms with Crippen LogP contribution in [0.3, 0.4) is 0 Å². The van der Waals surface area contributed by atoms with Gasteiger partial charge in [-0.2, -0.15) is 0 Å². The fraction of sp³-hybridized carbons (Fsp3) is 0.391. The Balaban J connectivity index is 1.44. The first kappa shape index (κ1) is 26.3. The van der Waals surface area contributed by atoms with Gasteiger partial charge in [-0.1, -0.05) is 35.3 Å². The van der Waals surface area contributed by atoms with E-state index in [9.17, 15) is 18.0 Å². The smallest absolute Gasteiger partial charge is 0.251 e. The van der Waals surface area contributed by atoms with E-state index in [1.807, 2.05) is 4.90 Å². The SMILES string of the molecule is CC(=O)N1CCN(CCNC(=O)c2ccc(NS(=O)(=O)CCc3cccc(Cl)c3Cl)cc2)CC1. The molecule has 2 N–H and O–H groups in total. The molecule has 0 aliphatic carbocycles. The molecule has 2 aromatic rings. The summed E-state index contributed by atoms with van der Waals surface area (Å²) in [5.74, 6) is -0.299. The summed E-state index contributed by atoms with van der Waals surface area (Å²) in [6.45, 7) is 5.73. The monoisotopic (exact) mass is 526 g/mol. The molecule has 3 rings (SSSR count). The predicted octanol–water partition coefficient (Wildman–Crippen LogP) is 2.87. The topological polar surface area (TPSA) is 98.8 Å². The summed E-state index contributed by atoms with van der Waals surface area (Å²) in [5.41, 5.74) is 1.47. The molecule has 0 spiro atoms. The van der Waals surface area contributed by atoms with Crippen molar-refractivity contribution in [1.82, 2.24) is 15.1 Å². The van der Waals surface area contributed by atoms with Crippen molar-refractivity contribution in [2.75, 3.05) is 49.7 Å². The zero-order valence-electron chi connectivity index (χ0n) is 18.9. The van der Waals surface area contributed by atoms with Crippen LogP contribution >= 0.6 is 23.2 Å². The van der Waals surface area contributed by atoms with Gasteiger partial charge in [0.2, 0.25) is 15.9 Å². The van der Waals surface area contributed by atoms with E-state index < -0.39 is 10.0 Å². The maximum absolute atomic E-state index is 12.4. The van der Waals surface area contributed by atoms with E-state index in [1.165, 1.54) is 0 Å². The number of carbonyl (C=O) groups is 2. The third-order valence-electron chi connectivity index (χ3n) is 5.62. The number of amides is 2. The molecule has 184 valence electrons. The summed E-state index contributed by atoms with van der Waals surface area (Å²) in [6, 6.07) is 11.4. The van der Waals surface area contributed by atoms with Crippen LogP contribution in [-0.2, 0) is 21.2 Å². The van der Waals surface area contributed by atoms with Crippen LogP contribution < -0.4 is 10.0 Å². The van der Waals surface area contributed by atoms with E-state index >= 15 is 0 Å². The highest BCUT2D eigenvalue weighted by Crippen LogP contribution is 2.26. The van der Waals surface area contributed by atoms with Gasteiger partial charge in [0.25, 0.3) is 5.91 Å². The van der Waals surface area contributed by atoms with Crippen LogP contribution in [0.15, 0.2) is 42.5 Å². The number of carbonyl (C=O) groups excluding carboxylic acids is 2. The lowest BCUT2D eigenvalue weighted by Gasteiger charge is -2.34. The van der Waals surface area contributed by atoms with Crippen LogP contribution in [0.4, 0.5) is 5.69 Å². The zero-order chi connectivity index (χ0) is 24.7. The molecule has 1 aliphatic rings. The van der Waals surface area contributed by atoms with Gasteiger partial charge in [-0.25, -0.2) is 8.42 Å². The van der Waals surface area contributed by atoms with E-state index in [0.717, 1.165) is 13.1 Å². The molecule has 0 radical (unpaired) electrons. The van der Waals surface area contributed by atoms with Crippen LogP contribution in [0.1, 0.15) is 22.8 Å². The van der Waals surface area contributed by atoms with Crippen molar-refractivity contribution >= 4 is 50.7 Å². The van der Waals surface area contributed by atoms with Gasteiger partial charge in [0.15, 0.2) is 0 Å². The molecule has 1 aliphatic heterocycles. The molecule has 0 atom stereocenters. The highest BCUT2D eigenvalue weighted by atomic mass is 35.5. The molecule has 0 unspecified atom stereocenters. The quantitative estimate of drug-likeness (QED) is 0.523. The fourth-order valence-corrected chi connectivity index (χ4v) is 5.12. The van der Waals surface area contributed by atoms with Gasteiger partial charge in [-0.3, -0.25) is 19.2 Å². The summed E-state index contributed by atoms with van der Waals surface area (Å²) >= 11 is 12.1. The van der Waals surface area contributed by atoms with Gasteiger partial charge in [-0.15, -0.1) is 0 Å². The predicted molar refractivity (Wildman–Crippen MR) is 135 cm³/mol. The minimum atomic E-state index is -3.61. The molecule has 1 heterocycles. The average Bonchev–Trinajstić information content (AvgIpc) is 2.80. The van der Waals surface area contributed by atoms with Crippen LogP contribution in [0.5, 0.6) is 0 Å². The normalized spacial score (nSPS) is 14.6. The van der Waals surface area contributed by atoms with Crippen molar-refractivity contribution in [3.8, 4) is 0 Å². The number of piperazine rings is 1. The minimum absolute atomic E-state index is 0.0872. The summed E-state index contributed by atoms with van der Waals surface area (Å²) < 4.78 is 27.4. The number of sulfonamides is 1. The van der Waals surface area contributed by atoms with E-state index in [2.05, 4.69) is 14.9 Å². The summed E-state index contributed by atoms with van der Waals surface area (Å²) in [4.78, 5) is 27.8. The highest BCUT2D eigenvalue weighted by molar-refractivity contribution is 7.92. The first-order valence-electron chi connectivity index (χ1n) is 10.9. The molecular weight excluding hydrogens is 499 g/mol. The Kier molecular flexibility index (Phi) is 9.18. The van der Waals surface area contributed by atoms with Gasteiger partial charge in [-0.05, 0) is 42.3 Å². The van der Waals surface area contributed by atoms with Crippen molar-refractivity contribution in [2.24, 2.45) is 0 Å². The second kappa shape index (κ2) is 11.9. The molecule has 1 saturated heterocycles. The van der Waals surface area contributed by atoms with Crippen molar-refractivity contribution < 1.29 is 18.0 Å². The molecule has 0 aromatic heterocycles. The number of rotatable bonds is 9. The Labute approximate surface area is 210 Å². The first-order chi connectivity index (χ1) is 16.1. The fourth-order valence-electron chi connectivity index (χ4n) is 3.62. The molecule has 2 amide bonds. The average molecular weight is 527 g/mol. The molecular formula is C23H28Cl2N4O4S. The lowest BCUT2D eigenvalue weighted by molar-refractivity contribution is -0.130. The Morgan fingerprint density at radius 3 is 2.32 bits per heavy atom. The van der Waals surface area contributed by atoms with E-state index in [4.69, 9.17) is 23.2 Å². The first-order valence-corrected chi connectivity index (χ1v) is 13.3. The number of hydrogen-bond donors (Lipinski definition) is 2. The number of halogens is 2. The Morgan fingerprint density at radius 1 is 1.00 bits per heavy atom. The number of nitrogens with one attached hydrogen (secondary N) is 2. The summed E-state index contributed by atoms with van der Waals surface area (Å²) in [5, 5.41) is 3.61. The summed E-state index contributed by atoms with van der Waals surface area (Å²) in [7, 11) is -3.61. The van der Waals surface area contributed by atoms with Crippen LogP contribution in [-0.4, -0.2) is 75.1 Å². The number of benzene rings is 2. The second-order valence-corrected chi connectivity index (χ2v) is 10.7. The number of anilines is 1. The third-order valence-corrected chi connectivity index (χ3v) is 7.77. The van der Waals surface area contributed by atoms with Crippen molar-refractivity contribution in [1.29, 1.82) is 0 Å². The lowest BCUT2D eigenvalue weighted by Crippen LogP contribution is -2.49. The van der Waals surface area contributed by atoms with Crippen molar-refractivity contribution in [2.45, 2.75) is 13.3 Å². The van der Waals surface area contributed by atoms with Crippen molar-refractivity contribution in [3.05, 3.63) is 63.6 Å². The number of hydrogen-bond acceptors (Lipinski definition) is 5. The Morgan fingerprint density at radius 2 is 1.68 bits per heavy atom. The van der Waals surface area contributed by atoms with Crippen LogP contribution in [0, 0.1) is 0 Å². The molecule has 1 fully saturated rings. The molecule has 8 nitrogen and oxygen atoms in total. The molecule has 0 saturated carbocycles. The van der Waals surface area contributed by atoms with Crippen LogP contribution in [0.2, 0.25) is 10.0 Å². The number of nitrogens with zero attached hydrogens (tertiary/aromatic N) is 2. The van der Waals surface area contributed by atoms with Gasteiger partial charge in [0.05, 0.1) is 15.8 Å². The van der Waals surface area contributed by atoms with E-state index in [1.54, 1.807) is 49.4 Å². The molecule has 11 heteroatoms. The van der Waals surface area contributed by atoms with Gasteiger partial charge in [0, 0.05) is 57.4 Å². The van der Waals surface area contributed by atoms with Gasteiger partial charge >= 0.3 is 0 Å². The number of aryl methyl sites for hydroxylation is 1. The van der Waals surface area contributed by atoms with Crippen molar-refractivity contribution in [3.63, 3.8) is 0 Å². The third kappa shape index (κ3) is 7.59. The molecule has 0 bridgehead atoms. The Bertz CT molecular complexity index is 1120. The summed E-state index contributed by atoms with van der Waals surface area (Å²) in [6.07, 6.45) is 0.221. The van der Waals surface area contributed by atoms with E-state index in [0.29, 0.717) is 53.0 Å². The highest BCUT2D eigenvalue weighted by Gasteiger charge is 2.18. The van der Waals surface area contributed by atoms with Crippen LogP contribution in [0.25, 0.3) is 0 Å². The lowest BCUT2D eigenvalue weighted by atomic mass is 10.2. The van der Waals surface area contributed by atoms with E-state index in [-0.39, 0.29) is 24.0 Å². The zero-order valence-corrected chi connectivity index (χ0v) is 21.2. The second-order valence-electron chi connectivity index (χ2n) is 8.06. The minimum Gasteiger partial charge on any atom is -0.351 e. The van der Waals surface area contributed by atoms with Gasteiger partial charge < -0.3 is 10.2 Å².